The summed E-state index contributed by atoms with van der Waals surface area (Å²) in [7, 11) is 0. The molecular weight excluding hydrogens is 260 g/mol. The normalized spacial score (nSPS) is 17.2. The second kappa shape index (κ2) is 6.31. The van der Waals surface area contributed by atoms with E-state index in [0.717, 1.165) is 34.7 Å². The van der Waals surface area contributed by atoms with Crippen LogP contribution in [0.25, 0.3) is 10.9 Å². The largest absolute Gasteiger partial charge is 0.397 e. The van der Waals surface area contributed by atoms with Crippen LogP contribution in [-0.4, -0.2) is 36.1 Å². The summed E-state index contributed by atoms with van der Waals surface area (Å²) in [4.78, 5) is 6.86. The lowest BCUT2D eigenvalue weighted by molar-refractivity contribution is 0.198. The van der Waals surface area contributed by atoms with E-state index in [-0.39, 0.29) is 0 Å². The van der Waals surface area contributed by atoms with Crippen molar-refractivity contribution in [3.63, 3.8) is 0 Å². The van der Waals surface area contributed by atoms with Crippen molar-refractivity contribution in [2.75, 3.05) is 37.2 Å². The van der Waals surface area contributed by atoms with E-state index in [0.29, 0.717) is 0 Å². The molecular formula is C17H24N4. The molecule has 0 unspecified atom stereocenters. The molecule has 2 aromatic rings. The van der Waals surface area contributed by atoms with Gasteiger partial charge in [-0.2, -0.15) is 0 Å². The zero-order chi connectivity index (χ0) is 14.7. The number of hydrogen-bond acceptors (Lipinski definition) is 4. The van der Waals surface area contributed by atoms with Crippen LogP contribution in [0.2, 0.25) is 0 Å². The van der Waals surface area contributed by atoms with Crippen molar-refractivity contribution in [2.45, 2.75) is 19.8 Å². The van der Waals surface area contributed by atoms with E-state index in [4.69, 9.17) is 5.73 Å². The van der Waals surface area contributed by atoms with Crippen molar-refractivity contribution in [1.82, 2.24) is 9.88 Å². The summed E-state index contributed by atoms with van der Waals surface area (Å²) in [6.45, 7) is 6.86. The average molecular weight is 284 g/mol. The highest BCUT2D eigenvalue weighted by Crippen LogP contribution is 2.28. The molecule has 0 saturated carbocycles. The monoisotopic (exact) mass is 284 g/mol. The van der Waals surface area contributed by atoms with Gasteiger partial charge in [-0.15, -0.1) is 0 Å². The number of benzene rings is 1. The lowest BCUT2D eigenvalue weighted by Gasteiger charge is -2.31. The summed E-state index contributed by atoms with van der Waals surface area (Å²) in [6, 6.07) is 8.05. The summed E-state index contributed by atoms with van der Waals surface area (Å²) in [6.07, 6.45) is 4.35. The molecule has 1 aliphatic rings. The van der Waals surface area contributed by atoms with Crippen LogP contribution in [0.15, 0.2) is 30.5 Å². The number of nitrogen functional groups attached to an aromatic ring is 1. The topological polar surface area (TPSA) is 54.2 Å². The highest BCUT2D eigenvalue weighted by atomic mass is 15.1. The summed E-state index contributed by atoms with van der Waals surface area (Å²) >= 11 is 0. The van der Waals surface area contributed by atoms with Gasteiger partial charge < -0.3 is 16.0 Å². The van der Waals surface area contributed by atoms with Gasteiger partial charge in [0.1, 0.15) is 0 Å². The van der Waals surface area contributed by atoms with Gasteiger partial charge in [-0.3, -0.25) is 4.98 Å². The zero-order valence-corrected chi connectivity index (χ0v) is 12.7. The van der Waals surface area contributed by atoms with Crippen molar-refractivity contribution in [3.8, 4) is 0 Å². The molecule has 0 spiro atoms. The van der Waals surface area contributed by atoms with Gasteiger partial charge in [0.2, 0.25) is 0 Å². The summed E-state index contributed by atoms with van der Waals surface area (Å²) in [5.41, 5.74) is 9.07. The first kappa shape index (κ1) is 14.1. The lowest BCUT2D eigenvalue weighted by atomic mass is 9.96. The van der Waals surface area contributed by atoms with E-state index < -0.39 is 0 Å². The predicted octanol–water partition coefficient (Wildman–Crippen LogP) is 2.96. The Morgan fingerprint density at radius 3 is 2.86 bits per heavy atom. The second-order valence-electron chi connectivity index (χ2n) is 5.86. The van der Waals surface area contributed by atoms with Gasteiger partial charge in [-0.05, 0) is 62.7 Å². The molecule has 1 aromatic carbocycles. The van der Waals surface area contributed by atoms with Crippen molar-refractivity contribution in [2.24, 2.45) is 5.92 Å². The molecule has 0 aliphatic carbocycles. The molecule has 1 fully saturated rings. The van der Waals surface area contributed by atoms with Gasteiger partial charge in [0.05, 0.1) is 16.9 Å². The number of nitrogens with two attached hydrogens (primary N) is 1. The molecule has 1 aromatic heterocycles. The number of rotatable bonds is 4. The molecule has 0 bridgehead atoms. The van der Waals surface area contributed by atoms with Gasteiger partial charge >= 0.3 is 0 Å². The van der Waals surface area contributed by atoms with E-state index in [1.54, 1.807) is 6.20 Å². The van der Waals surface area contributed by atoms with Crippen LogP contribution in [0.4, 0.5) is 11.4 Å². The van der Waals surface area contributed by atoms with Crippen molar-refractivity contribution in [1.29, 1.82) is 0 Å². The maximum atomic E-state index is 6.27. The molecule has 0 radical (unpaired) electrons. The zero-order valence-electron chi connectivity index (χ0n) is 12.7. The smallest absolute Gasteiger partial charge is 0.0724 e. The standard InChI is InChI=1S/C17H24N4/c1-2-21-10-7-13(8-11-21)12-20-16-6-5-15-14(17(16)18)4-3-9-19-15/h3-6,9,13,20H,2,7-8,10-12,18H2,1H3. The first-order valence-electron chi connectivity index (χ1n) is 7.87. The van der Waals surface area contributed by atoms with Crippen molar-refractivity contribution < 1.29 is 0 Å². The Morgan fingerprint density at radius 2 is 2.10 bits per heavy atom. The van der Waals surface area contributed by atoms with Crippen LogP contribution < -0.4 is 11.1 Å². The van der Waals surface area contributed by atoms with E-state index in [1.807, 2.05) is 24.3 Å². The third-order valence-electron chi connectivity index (χ3n) is 4.56. The number of anilines is 2. The third kappa shape index (κ3) is 3.10. The minimum absolute atomic E-state index is 0.747. The van der Waals surface area contributed by atoms with Crippen molar-refractivity contribution in [3.05, 3.63) is 30.5 Å². The van der Waals surface area contributed by atoms with Gasteiger partial charge in [-0.1, -0.05) is 6.92 Å². The van der Waals surface area contributed by atoms with Gasteiger partial charge in [0.25, 0.3) is 0 Å². The Hall–Kier alpha value is -1.81. The van der Waals surface area contributed by atoms with E-state index in [9.17, 15) is 0 Å². The highest BCUT2D eigenvalue weighted by molar-refractivity contribution is 5.96. The highest BCUT2D eigenvalue weighted by Gasteiger charge is 2.18. The quantitative estimate of drug-likeness (QED) is 0.848. The molecule has 4 nitrogen and oxygen atoms in total. The van der Waals surface area contributed by atoms with Crippen LogP contribution in [0.1, 0.15) is 19.8 Å². The number of pyridine rings is 1. The van der Waals surface area contributed by atoms with Crippen LogP contribution in [0.5, 0.6) is 0 Å². The summed E-state index contributed by atoms with van der Waals surface area (Å²) < 4.78 is 0. The number of fused-ring (bicyclic) bond motifs is 1. The SMILES string of the molecule is CCN1CCC(CNc2ccc3ncccc3c2N)CC1. The molecule has 4 heteroatoms. The maximum Gasteiger partial charge on any atom is 0.0724 e. The molecule has 112 valence electrons. The van der Waals surface area contributed by atoms with Crippen LogP contribution in [0.3, 0.4) is 0 Å². The summed E-state index contributed by atoms with van der Waals surface area (Å²) in [5, 5.41) is 4.57. The Morgan fingerprint density at radius 1 is 1.29 bits per heavy atom. The van der Waals surface area contributed by atoms with Crippen LogP contribution in [-0.2, 0) is 0 Å². The molecule has 3 rings (SSSR count). The number of aromatic nitrogens is 1. The molecule has 2 heterocycles. The Bertz CT molecular complexity index is 603. The Balaban J connectivity index is 1.64. The fraction of sp³-hybridized carbons (Fsp3) is 0.471. The van der Waals surface area contributed by atoms with E-state index in [2.05, 4.69) is 22.1 Å². The molecule has 0 amide bonds. The number of nitrogens with zero attached hydrogens (tertiary/aromatic N) is 2. The van der Waals surface area contributed by atoms with Gasteiger partial charge in [-0.25, -0.2) is 0 Å². The molecule has 0 atom stereocenters. The fourth-order valence-corrected chi connectivity index (χ4v) is 3.09. The number of nitrogens with one attached hydrogen (secondary N) is 1. The number of piperidine rings is 1. The van der Waals surface area contributed by atoms with E-state index in [1.165, 1.54) is 32.5 Å². The van der Waals surface area contributed by atoms with Crippen LogP contribution >= 0.6 is 0 Å². The predicted molar refractivity (Wildman–Crippen MR) is 89.5 cm³/mol. The maximum absolute atomic E-state index is 6.27. The van der Waals surface area contributed by atoms with Gasteiger partial charge in [0.15, 0.2) is 0 Å². The second-order valence-corrected chi connectivity index (χ2v) is 5.86. The van der Waals surface area contributed by atoms with Crippen LogP contribution in [0, 0.1) is 5.92 Å². The number of hydrogen-bond donors (Lipinski definition) is 2. The lowest BCUT2D eigenvalue weighted by Crippen LogP contribution is -2.35. The number of likely N-dealkylation sites (tertiary alicyclic amines) is 1. The summed E-state index contributed by atoms with van der Waals surface area (Å²) in [5.74, 6) is 0.747. The van der Waals surface area contributed by atoms with E-state index >= 15 is 0 Å². The first-order valence-corrected chi connectivity index (χ1v) is 7.87. The third-order valence-corrected chi connectivity index (χ3v) is 4.56. The first-order chi connectivity index (χ1) is 10.3. The molecule has 1 aliphatic heterocycles. The fourth-order valence-electron chi connectivity index (χ4n) is 3.09. The minimum Gasteiger partial charge on any atom is -0.397 e. The van der Waals surface area contributed by atoms with Crippen molar-refractivity contribution >= 4 is 22.3 Å². The molecule has 1 saturated heterocycles. The Labute approximate surface area is 126 Å². The van der Waals surface area contributed by atoms with Gasteiger partial charge in [0, 0.05) is 18.1 Å². The average Bonchev–Trinajstić information content (AvgIpc) is 2.55. The Kier molecular flexibility index (Phi) is 4.25. The molecule has 3 N–H and O–H groups in total. The molecule has 21 heavy (non-hydrogen) atoms. The minimum atomic E-state index is 0.747.